The van der Waals surface area contributed by atoms with Gasteiger partial charge in [-0.3, -0.25) is 24.0 Å². The SMILES string of the molecule is CCCC(CCCCNC(=O)CCCOCC(=O)NCc1ccc(CC(=O)CC(C)=O)cc1)C(=O)CC. The lowest BCUT2D eigenvalue weighted by Gasteiger charge is -2.14. The molecule has 1 unspecified atom stereocenters. The highest BCUT2D eigenvalue weighted by atomic mass is 16.5. The number of rotatable bonds is 21. The molecule has 1 rings (SSSR count). The van der Waals surface area contributed by atoms with Gasteiger partial charge in [0.1, 0.15) is 24.0 Å². The molecule has 206 valence electrons. The Morgan fingerprint density at radius 3 is 2.22 bits per heavy atom. The summed E-state index contributed by atoms with van der Waals surface area (Å²) in [5, 5.41) is 5.68. The van der Waals surface area contributed by atoms with E-state index in [1.54, 1.807) is 0 Å². The van der Waals surface area contributed by atoms with Gasteiger partial charge in [0.2, 0.25) is 11.8 Å². The minimum atomic E-state index is -0.243. The molecular weight excluding hydrogens is 472 g/mol. The second-order valence-corrected chi connectivity index (χ2v) is 9.49. The number of carbonyl (C=O) groups excluding carboxylic acids is 5. The second kappa shape index (κ2) is 19.3. The van der Waals surface area contributed by atoms with Gasteiger partial charge in [-0.2, -0.15) is 0 Å². The highest BCUT2D eigenvalue weighted by molar-refractivity contribution is 5.98. The summed E-state index contributed by atoms with van der Waals surface area (Å²) < 4.78 is 5.37. The zero-order chi connectivity index (χ0) is 27.5. The zero-order valence-electron chi connectivity index (χ0n) is 22.7. The van der Waals surface area contributed by atoms with Crippen LogP contribution in [-0.4, -0.2) is 48.9 Å². The Hall–Kier alpha value is -2.87. The Morgan fingerprint density at radius 2 is 1.57 bits per heavy atom. The molecule has 1 atom stereocenters. The zero-order valence-corrected chi connectivity index (χ0v) is 22.7. The average Bonchev–Trinajstić information content (AvgIpc) is 2.86. The maximum Gasteiger partial charge on any atom is 0.246 e. The number of hydrogen-bond acceptors (Lipinski definition) is 6. The van der Waals surface area contributed by atoms with Gasteiger partial charge in [0.15, 0.2) is 0 Å². The van der Waals surface area contributed by atoms with Gasteiger partial charge in [-0.25, -0.2) is 0 Å². The predicted molar refractivity (Wildman–Crippen MR) is 143 cm³/mol. The van der Waals surface area contributed by atoms with Crippen molar-refractivity contribution < 1.29 is 28.7 Å². The Balaban J connectivity index is 2.09. The van der Waals surface area contributed by atoms with E-state index in [9.17, 15) is 24.0 Å². The molecule has 0 aromatic heterocycles. The molecule has 0 aliphatic carbocycles. The van der Waals surface area contributed by atoms with Gasteiger partial charge in [0.05, 0.1) is 6.42 Å². The monoisotopic (exact) mass is 516 g/mol. The molecule has 2 N–H and O–H groups in total. The molecule has 0 spiro atoms. The van der Waals surface area contributed by atoms with Gasteiger partial charge in [-0.15, -0.1) is 0 Å². The minimum absolute atomic E-state index is 0.0331. The summed E-state index contributed by atoms with van der Waals surface area (Å²) in [5.74, 6) is -0.0331. The fourth-order valence-corrected chi connectivity index (χ4v) is 4.03. The maximum atomic E-state index is 12.0. The van der Waals surface area contributed by atoms with Crippen LogP contribution < -0.4 is 10.6 Å². The van der Waals surface area contributed by atoms with Crippen molar-refractivity contribution in [3.05, 3.63) is 35.4 Å². The van der Waals surface area contributed by atoms with Gasteiger partial charge in [0.25, 0.3) is 0 Å². The Bertz CT molecular complexity index is 866. The third kappa shape index (κ3) is 15.8. The van der Waals surface area contributed by atoms with Crippen molar-refractivity contribution in [3.8, 4) is 0 Å². The average molecular weight is 517 g/mol. The molecule has 0 saturated carbocycles. The van der Waals surface area contributed by atoms with E-state index in [-0.39, 0.29) is 48.7 Å². The third-order valence-electron chi connectivity index (χ3n) is 6.03. The van der Waals surface area contributed by atoms with Crippen LogP contribution in [0.2, 0.25) is 0 Å². The number of ketones is 3. The summed E-state index contributed by atoms with van der Waals surface area (Å²) in [6, 6.07) is 7.31. The Labute approximate surface area is 221 Å². The van der Waals surface area contributed by atoms with Crippen LogP contribution in [0.25, 0.3) is 0 Å². The summed E-state index contributed by atoms with van der Waals surface area (Å²) >= 11 is 0. The van der Waals surface area contributed by atoms with Gasteiger partial charge < -0.3 is 15.4 Å². The number of nitrogens with one attached hydrogen (secondary N) is 2. The summed E-state index contributed by atoms with van der Waals surface area (Å²) in [7, 11) is 0. The molecule has 0 aliphatic rings. The van der Waals surface area contributed by atoms with Crippen LogP contribution in [0.3, 0.4) is 0 Å². The van der Waals surface area contributed by atoms with E-state index in [0.29, 0.717) is 44.7 Å². The number of ether oxygens (including phenoxy) is 1. The normalized spacial score (nSPS) is 11.5. The first-order chi connectivity index (χ1) is 17.7. The molecular formula is C29H44N2O6. The number of Topliss-reactive ketones (excluding diaryl/α,β-unsaturated/α-hetero) is 3. The molecule has 8 heteroatoms. The molecule has 1 aromatic carbocycles. The summed E-state index contributed by atoms with van der Waals surface area (Å²) in [6.45, 7) is 6.61. The molecule has 0 saturated heterocycles. The highest BCUT2D eigenvalue weighted by Gasteiger charge is 2.15. The number of unbranched alkanes of at least 4 members (excludes halogenated alkanes) is 1. The van der Waals surface area contributed by atoms with Crippen molar-refractivity contribution in [1.29, 1.82) is 0 Å². The molecule has 37 heavy (non-hydrogen) atoms. The smallest absolute Gasteiger partial charge is 0.246 e. The topological polar surface area (TPSA) is 119 Å². The lowest BCUT2D eigenvalue weighted by Crippen LogP contribution is -2.28. The van der Waals surface area contributed by atoms with Gasteiger partial charge >= 0.3 is 0 Å². The van der Waals surface area contributed by atoms with Crippen LogP contribution in [0.1, 0.15) is 89.7 Å². The van der Waals surface area contributed by atoms with Crippen LogP contribution in [0.15, 0.2) is 24.3 Å². The van der Waals surface area contributed by atoms with Crippen molar-refractivity contribution in [2.75, 3.05) is 19.8 Å². The van der Waals surface area contributed by atoms with E-state index in [4.69, 9.17) is 4.74 Å². The number of amides is 2. The molecule has 1 aromatic rings. The fraction of sp³-hybridized carbons (Fsp3) is 0.621. The summed E-state index contributed by atoms with van der Waals surface area (Å²) in [5.41, 5.74) is 1.73. The van der Waals surface area contributed by atoms with E-state index in [2.05, 4.69) is 17.6 Å². The molecule has 0 radical (unpaired) electrons. The quantitative estimate of drug-likeness (QED) is 0.189. The molecule has 0 fully saturated rings. The lowest BCUT2D eigenvalue weighted by molar-refractivity contribution is -0.127. The third-order valence-corrected chi connectivity index (χ3v) is 6.03. The van der Waals surface area contributed by atoms with Gasteiger partial charge in [-0.05, 0) is 43.7 Å². The van der Waals surface area contributed by atoms with Crippen LogP contribution >= 0.6 is 0 Å². The molecule has 0 aliphatic heterocycles. The van der Waals surface area contributed by atoms with Crippen LogP contribution in [-0.2, 0) is 41.7 Å². The van der Waals surface area contributed by atoms with Crippen molar-refractivity contribution in [3.63, 3.8) is 0 Å². The first-order valence-electron chi connectivity index (χ1n) is 13.5. The highest BCUT2D eigenvalue weighted by Crippen LogP contribution is 2.17. The first-order valence-corrected chi connectivity index (χ1v) is 13.5. The fourth-order valence-electron chi connectivity index (χ4n) is 4.03. The van der Waals surface area contributed by atoms with E-state index in [1.807, 2.05) is 31.2 Å². The number of hydrogen-bond donors (Lipinski definition) is 2. The molecule has 2 amide bonds. The summed E-state index contributed by atoms with van der Waals surface area (Å²) in [4.78, 5) is 58.6. The molecule has 0 heterocycles. The van der Waals surface area contributed by atoms with Crippen molar-refractivity contribution in [2.45, 2.75) is 91.5 Å². The van der Waals surface area contributed by atoms with E-state index in [1.165, 1.54) is 6.92 Å². The van der Waals surface area contributed by atoms with Gasteiger partial charge in [-0.1, -0.05) is 51.0 Å². The van der Waals surface area contributed by atoms with Crippen LogP contribution in [0.4, 0.5) is 0 Å². The van der Waals surface area contributed by atoms with Gasteiger partial charge in [0, 0.05) is 44.9 Å². The maximum absolute atomic E-state index is 12.0. The minimum Gasteiger partial charge on any atom is -0.372 e. The summed E-state index contributed by atoms with van der Waals surface area (Å²) in [6.07, 6.45) is 6.28. The van der Waals surface area contributed by atoms with Crippen LogP contribution in [0.5, 0.6) is 0 Å². The number of carbonyl (C=O) groups is 5. The van der Waals surface area contributed by atoms with E-state index in [0.717, 1.165) is 43.2 Å². The Kier molecular flexibility index (Phi) is 16.7. The van der Waals surface area contributed by atoms with Crippen molar-refractivity contribution in [1.82, 2.24) is 10.6 Å². The second-order valence-electron chi connectivity index (χ2n) is 9.49. The van der Waals surface area contributed by atoms with Crippen molar-refractivity contribution in [2.24, 2.45) is 5.92 Å². The van der Waals surface area contributed by atoms with Crippen LogP contribution in [0, 0.1) is 5.92 Å². The largest absolute Gasteiger partial charge is 0.372 e. The molecule has 8 nitrogen and oxygen atoms in total. The van der Waals surface area contributed by atoms with Crippen molar-refractivity contribution >= 4 is 29.2 Å². The standard InChI is InChI=1S/C29H44N2O6/c1-4-9-25(27(34)5-2)10-6-7-16-30-28(35)11-8-17-37-21-29(36)31-20-24-14-12-23(13-15-24)19-26(33)18-22(3)32/h12-15,25H,4-11,16-21H2,1-3H3,(H,30,35)(H,31,36). The Morgan fingerprint density at radius 1 is 0.865 bits per heavy atom. The number of benzene rings is 1. The lowest BCUT2D eigenvalue weighted by atomic mass is 9.91. The first kappa shape index (κ1) is 32.2. The van der Waals surface area contributed by atoms with E-state index < -0.39 is 0 Å². The van der Waals surface area contributed by atoms with E-state index >= 15 is 0 Å². The molecule has 0 bridgehead atoms. The predicted octanol–water partition coefficient (Wildman–Crippen LogP) is 3.87.